The van der Waals surface area contributed by atoms with Crippen LogP contribution in [0.5, 0.6) is 5.75 Å². The Bertz CT molecular complexity index is 566. The third-order valence-corrected chi connectivity index (χ3v) is 2.21. The van der Waals surface area contributed by atoms with Gasteiger partial charge in [-0.25, -0.2) is 9.78 Å². The number of hydrogen-bond acceptors (Lipinski definition) is 5. The Balaban J connectivity index is 2.70. The highest BCUT2D eigenvalue weighted by molar-refractivity contribution is 5.97. The van der Waals surface area contributed by atoms with E-state index in [0.29, 0.717) is 10.9 Å². The molecule has 0 amide bonds. The van der Waals surface area contributed by atoms with E-state index in [2.05, 4.69) is 14.7 Å². The van der Waals surface area contributed by atoms with Crippen molar-refractivity contribution in [2.24, 2.45) is 0 Å². The van der Waals surface area contributed by atoms with Crippen molar-refractivity contribution in [2.75, 3.05) is 7.11 Å². The Kier molecular flexibility index (Phi) is 2.44. The number of pyridine rings is 2. The maximum Gasteiger partial charge on any atom is 0.360 e. The molecule has 5 heteroatoms. The lowest BCUT2D eigenvalue weighted by atomic mass is 10.2. The molecule has 2 heterocycles. The van der Waals surface area contributed by atoms with E-state index in [0.717, 1.165) is 5.56 Å². The summed E-state index contributed by atoms with van der Waals surface area (Å²) < 4.78 is 4.50. The molecule has 2 aromatic rings. The van der Waals surface area contributed by atoms with Crippen LogP contribution in [-0.4, -0.2) is 28.2 Å². The molecule has 1 N–H and O–H groups in total. The lowest BCUT2D eigenvalue weighted by molar-refractivity contribution is 0.0591. The van der Waals surface area contributed by atoms with Gasteiger partial charge in [-0.3, -0.25) is 4.98 Å². The second-order valence-electron chi connectivity index (χ2n) is 3.40. The van der Waals surface area contributed by atoms with Crippen LogP contribution in [0.25, 0.3) is 10.9 Å². The van der Waals surface area contributed by atoms with E-state index in [1.807, 2.05) is 13.0 Å². The summed E-state index contributed by atoms with van der Waals surface area (Å²) in [4.78, 5) is 19.2. The zero-order valence-electron chi connectivity index (χ0n) is 8.89. The number of aromatic hydroxyl groups is 1. The van der Waals surface area contributed by atoms with Crippen LogP contribution in [0.1, 0.15) is 16.1 Å². The van der Waals surface area contributed by atoms with Crippen LogP contribution < -0.4 is 0 Å². The fourth-order valence-electron chi connectivity index (χ4n) is 1.44. The monoisotopic (exact) mass is 218 g/mol. The van der Waals surface area contributed by atoms with Crippen molar-refractivity contribution in [3.8, 4) is 5.75 Å². The van der Waals surface area contributed by atoms with Crippen LogP contribution in [-0.2, 0) is 4.74 Å². The average molecular weight is 218 g/mol. The molecule has 0 unspecified atom stereocenters. The van der Waals surface area contributed by atoms with Crippen molar-refractivity contribution >= 4 is 16.9 Å². The van der Waals surface area contributed by atoms with Crippen LogP contribution in [0.2, 0.25) is 0 Å². The summed E-state index contributed by atoms with van der Waals surface area (Å²) in [5.74, 6) is -0.925. The minimum Gasteiger partial charge on any atom is -0.504 e. The Morgan fingerprint density at radius 3 is 2.81 bits per heavy atom. The highest BCUT2D eigenvalue weighted by Crippen LogP contribution is 2.25. The molecule has 2 rings (SSSR count). The summed E-state index contributed by atoms with van der Waals surface area (Å²) in [6.07, 6.45) is 3.10. The van der Waals surface area contributed by atoms with Gasteiger partial charge < -0.3 is 9.84 Å². The lowest BCUT2D eigenvalue weighted by Gasteiger charge is -2.04. The topological polar surface area (TPSA) is 72.3 Å². The summed E-state index contributed by atoms with van der Waals surface area (Å²) >= 11 is 0. The molecule has 0 saturated heterocycles. The highest BCUT2D eigenvalue weighted by Gasteiger charge is 2.16. The Labute approximate surface area is 91.7 Å². The van der Waals surface area contributed by atoms with Gasteiger partial charge in [0.25, 0.3) is 0 Å². The van der Waals surface area contributed by atoms with E-state index in [9.17, 15) is 9.90 Å². The molecule has 0 radical (unpaired) electrons. The van der Waals surface area contributed by atoms with Crippen molar-refractivity contribution < 1.29 is 14.6 Å². The normalized spacial score (nSPS) is 10.4. The average Bonchev–Trinajstić information content (AvgIpc) is 2.28. The molecule has 0 spiro atoms. The molecule has 0 atom stereocenters. The van der Waals surface area contributed by atoms with Gasteiger partial charge >= 0.3 is 5.97 Å². The molecule has 0 saturated carbocycles. The number of carbonyl (C=O) groups is 1. The van der Waals surface area contributed by atoms with Gasteiger partial charge in [-0.05, 0) is 18.6 Å². The zero-order chi connectivity index (χ0) is 11.7. The second-order valence-corrected chi connectivity index (χ2v) is 3.40. The number of fused-ring (bicyclic) bond motifs is 1. The van der Waals surface area contributed by atoms with Crippen molar-refractivity contribution in [3.05, 3.63) is 29.7 Å². The molecule has 5 nitrogen and oxygen atoms in total. The first kappa shape index (κ1) is 10.4. The minimum absolute atomic E-state index is 0.119. The number of nitrogens with zero attached hydrogens (tertiary/aromatic N) is 2. The third kappa shape index (κ3) is 1.56. The number of carbonyl (C=O) groups excluding carboxylic acids is 1. The van der Waals surface area contributed by atoms with Crippen LogP contribution >= 0.6 is 0 Å². The Hall–Kier alpha value is -2.17. The van der Waals surface area contributed by atoms with E-state index < -0.39 is 5.97 Å². The van der Waals surface area contributed by atoms with Gasteiger partial charge in [-0.2, -0.15) is 0 Å². The first-order valence-corrected chi connectivity index (χ1v) is 4.66. The standard InChI is InChI=1S/C11H10N2O3/c1-6-3-7-5-13-9(11(15)16-2)10(14)8(7)12-4-6/h3-5,14H,1-2H3. The van der Waals surface area contributed by atoms with Crippen LogP contribution in [0.15, 0.2) is 18.5 Å². The zero-order valence-corrected chi connectivity index (χ0v) is 8.89. The molecule has 0 aliphatic rings. The molecule has 0 aromatic carbocycles. The molecule has 16 heavy (non-hydrogen) atoms. The van der Waals surface area contributed by atoms with E-state index in [1.54, 1.807) is 6.20 Å². The Morgan fingerprint density at radius 2 is 2.12 bits per heavy atom. The van der Waals surface area contributed by atoms with Gasteiger partial charge in [0, 0.05) is 17.8 Å². The fourth-order valence-corrected chi connectivity index (χ4v) is 1.44. The number of ether oxygens (including phenoxy) is 1. The summed E-state index contributed by atoms with van der Waals surface area (Å²) in [5, 5.41) is 10.5. The Morgan fingerprint density at radius 1 is 1.38 bits per heavy atom. The molecular weight excluding hydrogens is 208 g/mol. The SMILES string of the molecule is COC(=O)c1ncc2cc(C)cnc2c1O. The van der Waals surface area contributed by atoms with Gasteiger partial charge in [0.2, 0.25) is 0 Å². The maximum absolute atomic E-state index is 11.3. The smallest absolute Gasteiger partial charge is 0.360 e. The molecule has 2 aromatic heterocycles. The predicted molar refractivity (Wildman–Crippen MR) is 57.3 cm³/mol. The molecular formula is C11H10N2O3. The second kappa shape index (κ2) is 3.77. The van der Waals surface area contributed by atoms with Crippen molar-refractivity contribution in [2.45, 2.75) is 6.92 Å². The van der Waals surface area contributed by atoms with Gasteiger partial charge in [0.1, 0.15) is 5.52 Å². The molecule has 0 aliphatic carbocycles. The summed E-state index contributed by atoms with van der Waals surface area (Å²) in [5.41, 5.74) is 1.19. The quantitative estimate of drug-likeness (QED) is 0.733. The van der Waals surface area contributed by atoms with Crippen LogP contribution in [0.4, 0.5) is 0 Å². The number of esters is 1. The van der Waals surface area contributed by atoms with E-state index in [1.165, 1.54) is 13.3 Å². The number of aromatic nitrogens is 2. The van der Waals surface area contributed by atoms with Gasteiger partial charge in [0.05, 0.1) is 7.11 Å². The van der Waals surface area contributed by atoms with Crippen LogP contribution in [0.3, 0.4) is 0 Å². The summed E-state index contributed by atoms with van der Waals surface area (Å²) in [6, 6.07) is 1.83. The van der Waals surface area contributed by atoms with E-state index in [-0.39, 0.29) is 11.4 Å². The van der Waals surface area contributed by atoms with E-state index in [4.69, 9.17) is 0 Å². The number of rotatable bonds is 1. The lowest BCUT2D eigenvalue weighted by Crippen LogP contribution is -2.05. The van der Waals surface area contributed by atoms with E-state index >= 15 is 0 Å². The summed E-state index contributed by atoms with van der Waals surface area (Å²) in [6.45, 7) is 1.89. The van der Waals surface area contributed by atoms with Crippen molar-refractivity contribution in [3.63, 3.8) is 0 Å². The number of hydrogen-bond donors (Lipinski definition) is 1. The molecule has 0 aliphatic heterocycles. The predicted octanol–water partition coefficient (Wildman–Crippen LogP) is 1.43. The number of aryl methyl sites for hydroxylation is 1. The minimum atomic E-state index is -0.679. The molecule has 82 valence electrons. The fraction of sp³-hybridized carbons (Fsp3) is 0.182. The largest absolute Gasteiger partial charge is 0.504 e. The van der Waals surface area contributed by atoms with Gasteiger partial charge in [-0.1, -0.05) is 0 Å². The molecule has 0 fully saturated rings. The highest BCUT2D eigenvalue weighted by atomic mass is 16.5. The third-order valence-electron chi connectivity index (χ3n) is 2.21. The first-order valence-electron chi connectivity index (χ1n) is 4.66. The number of methoxy groups -OCH3 is 1. The molecule has 0 bridgehead atoms. The van der Waals surface area contributed by atoms with Crippen LogP contribution in [0, 0.1) is 6.92 Å². The van der Waals surface area contributed by atoms with Gasteiger partial charge in [0.15, 0.2) is 11.4 Å². The van der Waals surface area contributed by atoms with Crippen molar-refractivity contribution in [1.29, 1.82) is 0 Å². The maximum atomic E-state index is 11.3. The van der Waals surface area contributed by atoms with Crippen molar-refractivity contribution in [1.82, 2.24) is 9.97 Å². The first-order chi connectivity index (χ1) is 7.63. The summed E-state index contributed by atoms with van der Waals surface area (Å²) in [7, 11) is 1.23. The van der Waals surface area contributed by atoms with Gasteiger partial charge in [-0.15, -0.1) is 0 Å².